The largest absolute Gasteiger partial charge is 0.480 e. The molecule has 0 saturated heterocycles. The smallest absolute Gasteiger partial charge is 0.326 e. The van der Waals surface area contributed by atoms with Crippen molar-refractivity contribution in [3.8, 4) is 0 Å². The number of benzene rings is 2. The van der Waals surface area contributed by atoms with E-state index in [4.69, 9.17) is 40.1 Å². The number of carboxylic acid groups (broad SMARTS) is 1. The van der Waals surface area contributed by atoms with Crippen LogP contribution in [0.3, 0.4) is 0 Å². The van der Waals surface area contributed by atoms with Gasteiger partial charge in [-0.2, -0.15) is 0 Å². The molecule has 0 radical (unpaired) electrons. The highest BCUT2D eigenvalue weighted by atomic mass is 16.4. The van der Waals surface area contributed by atoms with Crippen molar-refractivity contribution in [1.29, 1.82) is 0 Å². The Labute approximate surface area is 448 Å². The number of carbonyl (C=O) groups is 7. The Hall–Kier alpha value is -7.77. The summed E-state index contributed by atoms with van der Waals surface area (Å²) in [6.07, 6.45) is 6.65. The number of aliphatic carboxylic acids is 1. The molecule has 0 spiro atoms. The first kappa shape index (κ1) is 61.8. The Morgan fingerprint density at radius 3 is 1.39 bits per heavy atom. The van der Waals surface area contributed by atoms with Crippen molar-refractivity contribution < 1.29 is 38.7 Å². The SMILES string of the molecule is CC[C@H](C)[C@H](NC(=O)[C@@H](N)CCCCN)C(=O)N[C@@H](CCCCN)C(=O)N[C@@H](CCCN=C(N)N)C(=O)N[C@@H](Cc1c[nH]c2ccccc12)C(=O)N[C@@H](Cc1c[nH]c2ccccc12)C(=O)N[C@@H](CCCN=C(N)N)C(=O)O. The molecule has 2 heterocycles. The third kappa shape index (κ3) is 20.0. The fourth-order valence-electron chi connectivity index (χ4n) is 8.71. The van der Waals surface area contributed by atoms with Crippen LogP contribution >= 0.6 is 0 Å². The van der Waals surface area contributed by atoms with Gasteiger partial charge in [-0.1, -0.05) is 63.1 Å². The molecule has 0 aliphatic rings. The van der Waals surface area contributed by atoms with Crippen LogP contribution in [-0.4, -0.2) is 137 Å². The fraction of sp³-hybridized carbons (Fsp3) is 0.519. The number of fused-ring (bicyclic) bond motifs is 2. The van der Waals surface area contributed by atoms with Crippen LogP contribution in [0.5, 0.6) is 0 Å². The summed E-state index contributed by atoms with van der Waals surface area (Å²) in [5, 5.41) is 28.3. The lowest BCUT2D eigenvalue weighted by Gasteiger charge is -2.29. The fourth-order valence-corrected chi connectivity index (χ4v) is 8.71. The van der Waals surface area contributed by atoms with Crippen LogP contribution in [0.2, 0.25) is 0 Å². The number of carboxylic acids is 1. The van der Waals surface area contributed by atoms with E-state index in [0.29, 0.717) is 62.7 Å². The van der Waals surface area contributed by atoms with Crippen LogP contribution in [0, 0.1) is 5.92 Å². The van der Waals surface area contributed by atoms with Gasteiger partial charge < -0.3 is 87.1 Å². The van der Waals surface area contributed by atoms with Gasteiger partial charge in [-0.15, -0.1) is 0 Å². The molecule has 23 N–H and O–H groups in total. The van der Waals surface area contributed by atoms with Gasteiger partial charge in [0.15, 0.2) is 11.9 Å². The summed E-state index contributed by atoms with van der Waals surface area (Å²) in [7, 11) is 0. The van der Waals surface area contributed by atoms with Crippen LogP contribution in [0.4, 0.5) is 0 Å². The van der Waals surface area contributed by atoms with Crippen molar-refractivity contribution in [3.05, 3.63) is 72.1 Å². The van der Waals surface area contributed by atoms with Crippen LogP contribution < -0.4 is 72.0 Å². The summed E-state index contributed by atoms with van der Waals surface area (Å²) in [6, 6.07) is 5.96. The molecule has 4 rings (SSSR count). The Morgan fingerprint density at radius 1 is 0.532 bits per heavy atom. The standard InChI is InChI=1S/C52H81N17O8/c1-3-30(2)43(69-44(70)35(55)16-8-10-22-53)49(75)65-38(19-9-11-23-54)45(71)64-39(20-12-24-60-51(56)57)46(72)67-42(27-32-29-63-37-18-7-5-15-34(32)37)48(74)68-41(26-31-28-62-36-17-6-4-14-33(31)36)47(73)66-40(50(76)77)21-13-25-61-52(58)59/h4-7,14-15,17-18,28-30,35,38-43,62-63H,3,8-13,16,19-27,53-55H2,1-2H3,(H,64,71)(H,65,75)(H,66,73)(H,67,72)(H,68,74)(H,69,70)(H,76,77)(H4,56,57,60)(H4,58,59,61)/t30-,35-,38-,39-,40-,41-,42-,43-/m0/s1. The van der Waals surface area contributed by atoms with Crippen LogP contribution in [0.15, 0.2) is 70.9 Å². The number of carbonyl (C=O) groups excluding carboxylic acids is 6. The minimum absolute atomic E-state index is 0.0433. The number of rotatable bonds is 35. The highest BCUT2D eigenvalue weighted by molar-refractivity contribution is 5.98. The number of aliphatic imine (C=N–C) groups is 2. The van der Waals surface area contributed by atoms with Gasteiger partial charge in [0.25, 0.3) is 0 Å². The molecule has 0 aliphatic carbocycles. The lowest BCUT2D eigenvalue weighted by molar-refractivity contribution is -0.142. The molecule has 422 valence electrons. The quantitative estimate of drug-likeness (QED) is 0.0152. The maximum atomic E-state index is 14.9. The second-order valence-corrected chi connectivity index (χ2v) is 19.2. The summed E-state index contributed by atoms with van der Waals surface area (Å²) < 4.78 is 0. The third-order valence-corrected chi connectivity index (χ3v) is 13.3. The molecule has 0 aliphatic heterocycles. The number of H-pyrrole nitrogens is 2. The zero-order chi connectivity index (χ0) is 56.4. The van der Waals surface area contributed by atoms with Crippen molar-refractivity contribution in [3.63, 3.8) is 0 Å². The Kier molecular flexibility index (Phi) is 25.6. The van der Waals surface area contributed by atoms with Gasteiger partial charge >= 0.3 is 5.97 Å². The number of para-hydroxylation sites is 2. The summed E-state index contributed by atoms with van der Waals surface area (Å²) in [5.41, 5.74) is 42.5. The van der Waals surface area contributed by atoms with Crippen molar-refractivity contribution in [2.75, 3.05) is 26.2 Å². The van der Waals surface area contributed by atoms with E-state index in [0.717, 1.165) is 21.8 Å². The monoisotopic (exact) mass is 1070 g/mol. The minimum Gasteiger partial charge on any atom is -0.480 e. The number of aromatic amines is 2. The molecule has 0 fully saturated rings. The van der Waals surface area contributed by atoms with E-state index >= 15 is 0 Å². The highest BCUT2D eigenvalue weighted by Crippen LogP contribution is 2.22. The molecular weight excluding hydrogens is 991 g/mol. The average molecular weight is 1070 g/mol. The van der Waals surface area contributed by atoms with Gasteiger partial charge in [0.1, 0.15) is 36.3 Å². The number of nitrogens with two attached hydrogens (primary N) is 7. The predicted molar refractivity (Wildman–Crippen MR) is 296 cm³/mol. The summed E-state index contributed by atoms with van der Waals surface area (Å²) >= 11 is 0. The Balaban J connectivity index is 1.70. The number of guanidine groups is 2. The molecule has 0 saturated carbocycles. The van der Waals surface area contributed by atoms with Gasteiger partial charge in [0.2, 0.25) is 35.4 Å². The molecule has 8 atom stereocenters. The number of hydrogen-bond donors (Lipinski definition) is 16. The number of hydrogen-bond acceptors (Lipinski definition) is 12. The number of unbranched alkanes of at least 4 members (excludes halogenated alkanes) is 2. The molecular formula is C52H81N17O8. The van der Waals surface area contributed by atoms with Gasteiger partial charge in [0, 0.05) is 60.1 Å². The molecule has 2 aromatic carbocycles. The first-order valence-corrected chi connectivity index (χ1v) is 26.3. The molecule has 25 nitrogen and oxygen atoms in total. The Bertz CT molecular complexity index is 2630. The molecule has 6 amide bonds. The van der Waals surface area contributed by atoms with E-state index in [1.54, 1.807) is 19.3 Å². The minimum atomic E-state index is -1.41. The topological polar surface area (TPSA) is 450 Å². The highest BCUT2D eigenvalue weighted by Gasteiger charge is 2.35. The average Bonchev–Trinajstić information content (AvgIpc) is 4.02. The van der Waals surface area contributed by atoms with Crippen molar-refractivity contribution >= 4 is 75.1 Å². The summed E-state index contributed by atoms with van der Waals surface area (Å²) in [6.45, 7) is 4.56. The first-order valence-electron chi connectivity index (χ1n) is 26.3. The summed E-state index contributed by atoms with van der Waals surface area (Å²) in [5.74, 6) is -6.38. The second-order valence-electron chi connectivity index (χ2n) is 19.2. The predicted octanol–water partition coefficient (Wildman–Crippen LogP) is -0.834. The molecule has 0 bridgehead atoms. The number of aromatic nitrogens is 2. The lowest BCUT2D eigenvalue weighted by Crippen LogP contribution is -2.60. The lowest BCUT2D eigenvalue weighted by atomic mass is 9.96. The van der Waals surface area contributed by atoms with E-state index in [1.165, 1.54) is 0 Å². The third-order valence-electron chi connectivity index (χ3n) is 13.3. The van der Waals surface area contributed by atoms with E-state index in [1.807, 2.05) is 55.5 Å². The Morgan fingerprint density at radius 2 is 0.935 bits per heavy atom. The second kappa shape index (κ2) is 32.0. The van der Waals surface area contributed by atoms with E-state index in [-0.39, 0.29) is 75.9 Å². The van der Waals surface area contributed by atoms with Crippen LogP contribution in [0.1, 0.15) is 95.6 Å². The van der Waals surface area contributed by atoms with E-state index in [9.17, 15) is 38.7 Å². The number of nitrogens with one attached hydrogen (secondary N) is 8. The molecule has 2 aromatic heterocycles. The summed E-state index contributed by atoms with van der Waals surface area (Å²) in [4.78, 5) is 113. The number of amides is 6. The van der Waals surface area contributed by atoms with Crippen molar-refractivity contribution in [2.24, 2.45) is 56.0 Å². The van der Waals surface area contributed by atoms with E-state index in [2.05, 4.69) is 51.9 Å². The molecule has 77 heavy (non-hydrogen) atoms. The molecule has 25 heteroatoms. The van der Waals surface area contributed by atoms with Crippen molar-refractivity contribution in [1.82, 2.24) is 41.9 Å². The zero-order valence-electron chi connectivity index (χ0n) is 44.2. The van der Waals surface area contributed by atoms with E-state index < -0.39 is 83.7 Å². The maximum Gasteiger partial charge on any atom is 0.326 e. The normalized spacial score (nSPS) is 14.4. The van der Waals surface area contributed by atoms with Crippen LogP contribution in [0.25, 0.3) is 21.8 Å². The molecule has 4 aromatic rings. The van der Waals surface area contributed by atoms with Gasteiger partial charge in [-0.3, -0.25) is 38.8 Å². The van der Waals surface area contributed by atoms with Gasteiger partial charge in [-0.05, 0) is 100 Å². The molecule has 0 unspecified atom stereocenters. The zero-order valence-corrected chi connectivity index (χ0v) is 44.2. The van der Waals surface area contributed by atoms with Gasteiger partial charge in [0.05, 0.1) is 6.04 Å². The van der Waals surface area contributed by atoms with Gasteiger partial charge in [-0.25, -0.2) is 4.79 Å². The van der Waals surface area contributed by atoms with Crippen molar-refractivity contribution in [2.45, 2.75) is 140 Å². The van der Waals surface area contributed by atoms with Crippen LogP contribution in [-0.2, 0) is 46.4 Å². The maximum absolute atomic E-state index is 14.9. The first-order chi connectivity index (χ1) is 36.9. The number of nitrogens with zero attached hydrogens (tertiary/aromatic N) is 2.